The molecule has 3 aromatic carbocycles. The quantitative estimate of drug-likeness (QED) is 0.0181. The van der Waals surface area contributed by atoms with Crippen molar-refractivity contribution in [3.63, 3.8) is 0 Å². The van der Waals surface area contributed by atoms with Crippen LogP contribution >= 0.6 is 0 Å². The summed E-state index contributed by atoms with van der Waals surface area (Å²) in [6.07, 6.45) is 1.22. The number of amides is 3. The zero-order chi connectivity index (χ0) is 47.6. The van der Waals surface area contributed by atoms with Crippen molar-refractivity contribution in [3.8, 4) is 16.9 Å². The lowest BCUT2D eigenvalue weighted by molar-refractivity contribution is -0.141. The van der Waals surface area contributed by atoms with Crippen LogP contribution in [-0.2, 0) is 42.8 Å². The van der Waals surface area contributed by atoms with Crippen molar-refractivity contribution in [2.24, 2.45) is 5.11 Å². The fourth-order valence-corrected chi connectivity index (χ4v) is 6.39. The second-order valence-corrected chi connectivity index (χ2v) is 15.6. The van der Waals surface area contributed by atoms with Gasteiger partial charge in [0.2, 0.25) is 11.8 Å². The van der Waals surface area contributed by atoms with Crippen LogP contribution in [0.25, 0.3) is 32.3 Å². The van der Waals surface area contributed by atoms with Crippen LogP contribution in [0, 0.1) is 5.82 Å². The Morgan fingerprint density at radius 2 is 1.47 bits per heavy atom. The molecule has 0 bridgehead atoms. The summed E-state index contributed by atoms with van der Waals surface area (Å²) >= 11 is 0. The molecule has 2 N–H and O–H groups in total. The molecule has 66 heavy (non-hydrogen) atoms. The van der Waals surface area contributed by atoms with E-state index in [2.05, 4.69) is 25.6 Å². The first-order valence-corrected chi connectivity index (χ1v) is 21.7. The van der Waals surface area contributed by atoms with Crippen LogP contribution in [0.2, 0.25) is 0 Å². The standard InChI is InChI=1S/C47H60FN7O11/c1-47(2,3)66-46(59)55(42-31-36(48)18-19-50-42)21-8-7-11-43(56)51-33-44(57)53-40(32-45(58)60-4)35-14-12-34(13-15-35)37-16-17-41(39-10-6-5-9-38(37)39)65-30-29-64-28-27-63-26-25-62-24-23-61-22-20-52-54-49/h5-6,9-10,12-19,31,40H,7-8,11,20-30,32-33H2,1-4H3,(H,51,56)(H,53,57)/t40-/m0/s1. The van der Waals surface area contributed by atoms with Crippen LogP contribution in [0.4, 0.5) is 15.0 Å². The van der Waals surface area contributed by atoms with Crippen molar-refractivity contribution in [2.45, 2.75) is 58.1 Å². The molecule has 0 aliphatic rings. The summed E-state index contributed by atoms with van der Waals surface area (Å²) in [5.74, 6) is -1.17. The minimum absolute atomic E-state index is 0.0616. The van der Waals surface area contributed by atoms with Crippen molar-refractivity contribution in [3.05, 3.63) is 101 Å². The Kier molecular flexibility index (Phi) is 22.6. The van der Waals surface area contributed by atoms with Gasteiger partial charge in [0.15, 0.2) is 0 Å². The smallest absolute Gasteiger partial charge is 0.416 e. The molecule has 18 nitrogen and oxygen atoms in total. The van der Waals surface area contributed by atoms with Crippen LogP contribution < -0.4 is 20.3 Å². The molecule has 0 saturated carbocycles. The number of hydrogen-bond donors (Lipinski definition) is 2. The Labute approximate surface area is 384 Å². The van der Waals surface area contributed by atoms with Crippen LogP contribution in [0.1, 0.15) is 58.1 Å². The van der Waals surface area contributed by atoms with Crippen molar-refractivity contribution in [2.75, 3.05) is 91.1 Å². The Morgan fingerprint density at radius 3 is 2.11 bits per heavy atom. The number of carbonyl (C=O) groups is 4. The van der Waals surface area contributed by atoms with Gasteiger partial charge in [0, 0.05) is 42.1 Å². The van der Waals surface area contributed by atoms with E-state index in [1.165, 1.54) is 24.3 Å². The number of methoxy groups -OCH3 is 1. The lowest BCUT2D eigenvalue weighted by Crippen LogP contribution is -2.39. The summed E-state index contributed by atoms with van der Waals surface area (Å²) in [4.78, 5) is 59.0. The molecule has 0 aliphatic carbocycles. The molecule has 3 amide bonds. The second kappa shape index (κ2) is 28.5. The fraction of sp³-hybridized carbons (Fsp3) is 0.468. The number of anilines is 1. The Bertz CT molecular complexity index is 2200. The van der Waals surface area contributed by atoms with Gasteiger partial charge in [-0.1, -0.05) is 59.7 Å². The number of nitrogens with zero attached hydrogens (tertiary/aromatic N) is 5. The number of hydrogen-bond acceptors (Lipinski definition) is 13. The summed E-state index contributed by atoms with van der Waals surface area (Å²) in [6, 6.07) is 20.9. The highest BCUT2D eigenvalue weighted by Gasteiger charge is 2.25. The SMILES string of the molecule is COC(=O)C[C@H](NC(=O)CNC(=O)CCCCN(C(=O)OC(C)(C)C)c1cc(F)ccn1)c1ccc(-c2ccc(OCCOCCOCCOCCOCCN=[N+]=[N-])c3ccccc23)cc1. The highest BCUT2D eigenvalue weighted by atomic mass is 19.1. The number of ether oxygens (including phenoxy) is 7. The van der Waals surface area contributed by atoms with Gasteiger partial charge in [0.1, 0.15) is 29.6 Å². The Hall–Kier alpha value is -6.37. The zero-order valence-electron chi connectivity index (χ0n) is 38.0. The predicted octanol–water partition coefficient (Wildman–Crippen LogP) is 7.25. The van der Waals surface area contributed by atoms with Crippen molar-refractivity contribution >= 4 is 40.5 Å². The number of benzene rings is 3. The zero-order valence-corrected chi connectivity index (χ0v) is 38.0. The Balaban J connectivity index is 1.23. The first kappa shape index (κ1) is 52.3. The number of fused-ring (bicyclic) bond motifs is 1. The first-order valence-electron chi connectivity index (χ1n) is 21.7. The fourth-order valence-electron chi connectivity index (χ4n) is 6.39. The maximum Gasteiger partial charge on any atom is 0.416 e. The molecule has 1 heterocycles. The van der Waals surface area contributed by atoms with Gasteiger partial charge in [0.25, 0.3) is 0 Å². The van der Waals surface area contributed by atoms with Gasteiger partial charge in [-0.25, -0.2) is 14.2 Å². The number of unbranched alkanes of at least 4 members (excludes halogenated alkanes) is 1. The summed E-state index contributed by atoms with van der Waals surface area (Å²) in [7, 11) is 1.27. The number of azide groups is 1. The third-order valence-corrected chi connectivity index (χ3v) is 9.52. The third kappa shape index (κ3) is 19.0. The van der Waals surface area contributed by atoms with Gasteiger partial charge in [-0.15, -0.1) is 0 Å². The molecule has 4 aromatic rings. The van der Waals surface area contributed by atoms with Crippen LogP contribution in [0.5, 0.6) is 5.75 Å². The highest BCUT2D eigenvalue weighted by molar-refractivity contribution is 6.00. The molecule has 0 aliphatic heterocycles. The molecular formula is C47H60FN7O11. The average Bonchev–Trinajstić information content (AvgIpc) is 3.29. The summed E-state index contributed by atoms with van der Waals surface area (Å²) < 4.78 is 52.3. The van der Waals surface area contributed by atoms with E-state index in [-0.39, 0.29) is 37.7 Å². The van der Waals surface area contributed by atoms with Crippen molar-refractivity contribution in [1.82, 2.24) is 15.6 Å². The third-order valence-electron chi connectivity index (χ3n) is 9.52. The van der Waals surface area contributed by atoms with Gasteiger partial charge in [-0.2, -0.15) is 0 Å². The van der Waals surface area contributed by atoms with Crippen molar-refractivity contribution in [1.29, 1.82) is 0 Å². The second-order valence-electron chi connectivity index (χ2n) is 15.6. The van der Waals surface area contributed by atoms with E-state index in [4.69, 9.17) is 38.7 Å². The van der Waals surface area contributed by atoms with E-state index in [1.807, 2.05) is 60.7 Å². The molecule has 0 spiro atoms. The lowest BCUT2D eigenvalue weighted by atomic mass is 9.95. The van der Waals surface area contributed by atoms with Gasteiger partial charge in [-0.3, -0.25) is 19.3 Å². The number of halogens is 1. The van der Waals surface area contributed by atoms with E-state index in [9.17, 15) is 23.6 Å². The molecular weight excluding hydrogens is 858 g/mol. The number of aromatic nitrogens is 1. The van der Waals surface area contributed by atoms with E-state index >= 15 is 0 Å². The minimum atomic E-state index is -0.786. The molecule has 0 unspecified atom stereocenters. The molecule has 4 rings (SSSR count). The van der Waals surface area contributed by atoms with Crippen LogP contribution in [0.15, 0.2) is 84.1 Å². The van der Waals surface area contributed by atoms with E-state index < -0.39 is 35.4 Å². The maximum atomic E-state index is 13.9. The first-order chi connectivity index (χ1) is 31.9. The van der Waals surface area contributed by atoms with E-state index in [0.717, 1.165) is 28.0 Å². The lowest BCUT2D eigenvalue weighted by Gasteiger charge is -2.26. The van der Waals surface area contributed by atoms with Gasteiger partial charge < -0.3 is 43.8 Å². The number of carbonyl (C=O) groups excluding carboxylic acids is 4. The minimum Gasteiger partial charge on any atom is -0.491 e. The summed E-state index contributed by atoms with van der Waals surface area (Å²) in [6.45, 7) is 8.84. The molecule has 356 valence electrons. The molecule has 0 saturated heterocycles. The highest BCUT2D eigenvalue weighted by Crippen LogP contribution is 2.35. The van der Waals surface area contributed by atoms with Crippen molar-refractivity contribution < 1.29 is 56.7 Å². The summed E-state index contributed by atoms with van der Waals surface area (Å²) in [5.41, 5.74) is 9.97. The summed E-state index contributed by atoms with van der Waals surface area (Å²) in [5, 5.41) is 10.7. The van der Waals surface area contributed by atoms with Crippen LogP contribution in [0.3, 0.4) is 0 Å². The number of rotatable bonds is 29. The van der Waals surface area contributed by atoms with Gasteiger partial charge in [0.05, 0.1) is 79.0 Å². The van der Waals surface area contributed by atoms with Gasteiger partial charge >= 0.3 is 12.1 Å². The topological polar surface area (TPSA) is 222 Å². The number of pyridine rings is 1. The Morgan fingerprint density at radius 1 is 0.818 bits per heavy atom. The monoisotopic (exact) mass is 917 g/mol. The predicted molar refractivity (Wildman–Crippen MR) is 244 cm³/mol. The van der Waals surface area contributed by atoms with Gasteiger partial charge in [-0.05, 0) is 73.4 Å². The number of esters is 1. The largest absolute Gasteiger partial charge is 0.491 e. The molecule has 1 atom stereocenters. The van der Waals surface area contributed by atoms with E-state index in [0.29, 0.717) is 90.2 Å². The molecule has 0 fully saturated rings. The average molecular weight is 918 g/mol. The van der Waals surface area contributed by atoms with E-state index in [1.54, 1.807) is 20.8 Å². The normalized spacial score (nSPS) is 11.6. The molecule has 19 heteroatoms. The van der Waals surface area contributed by atoms with Crippen LogP contribution in [-0.4, -0.2) is 121 Å². The maximum absolute atomic E-state index is 13.9. The molecule has 0 radical (unpaired) electrons. The molecule has 1 aromatic heterocycles. The number of nitrogens with one attached hydrogen (secondary N) is 2.